The van der Waals surface area contributed by atoms with Gasteiger partial charge in [-0.25, -0.2) is 0 Å². The molecule has 1 N–H and O–H groups in total. The van der Waals surface area contributed by atoms with E-state index in [0.717, 1.165) is 12.0 Å². The molecule has 0 aliphatic heterocycles. The largest absolute Gasteiger partial charge is 0.280 e. The third-order valence-corrected chi connectivity index (χ3v) is 6.13. The molecule has 1 aliphatic rings. The van der Waals surface area contributed by atoms with Gasteiger partial charge in [-0.3, -0.25) is 0 Å². The number of nitrogens with one attached hydrogen (secondary N) is 1. The summed E-state index contributed by atoms with van der Waals surface area (Å²) in [5.74, 6) is 0. The van der Waals surface area contributed by atoms with E-state index in [-0.39, 0.29) is 16.9 Å². The number of fused-ring (bicyclic) bond motifs is 1. The van der Waals surface area contributed by atoms with Gasteiger partial charge in [0.2, 0.25) is 0 Å². The Labute approximate surface area is 123 Å². The van der Waals surface area contributed by atoms with E-state index >= 15 is 0 Å². The lowest BCUT2D eigenvalue weighted by atomic mass is 10.1. The molecule has 2 atom stereocenters. The van der Waals surface area contributed by atoms with Crippen LogP contribution >= 0.6 is 15.9 Å². The number of rotatable bonds is 4. The molecule has 4 nitrogen and oxygen atoms in total. The second-order valence-electron chi connectivity index (χ2n) is 5.13. The zero-order valence-corrected chi connectivity index (χ0v) is 13.7. The third-order valence-electron chi connectivity index (χ3n) is 3.55. The summed E-state index contributed by atoms with van der Waals surface area (Å²) in [4.78, 5) is 0.0974. The Bertz CT molecular complexity index is 560. The molecule has 1 aliphatic carbocycles. The van der Waals surface area contributed by atoms with E-state index in [1.807, 2.05) is 38.1 Å². The summed E-state index contributed by atoms with van der Waals surface area (Å²) in [7, 11) is -1.87. The third kappa shape index (κ3) is 3.02. The van der Waals surface area contributed by atoms with Gasteiger partial charge >= 0.3 is 0 Å². The molecular weight excluding hydrogens is 328 g/mol. The average molecular weight is 347 g/mol. The van der Waals surface area contributed by atoms with E-state index in [2.05, 4.69) is 20.7 Å². The van der Waals surface area contributed by atoms with Gasteiger partial charge in [0.05, 0.1) is 6.04 Å². The van der Waals surface area contributed by atoms with E-state index in [4.69, 9.17) is 0 Å². The first-order valence-electron chi connectivity index (χ1n) is 6.30. The van der Waals surface area contributed by atoms with Gasteiger partial charge in [-0.15, -0.1) is 0 Å². The number of alkyl halides is 1. The molecule has 6 heteroatoms. The molecule has 0 heterocycles. The molecule has 2 rings (SSSR count). The summed E-state index contributed by atoms with van der Waals surface area (Å²) >= 11 is 3.58. The Hall–Kier alpha value is -0.430. The molecule has 1 aromatic rings. The number of hydrogen-bond acceptors (Lipinski definition) is 2. The highest BCUT2D eigenvalue weighted by molar-refractivity contribution is 9.09. The summed E-state index contributed by atoms with van der Waals surface area (Å²) in [5, 5.41) is 0. The molecule has 0 bridgehead atoms. The van der Waals surface area contributed by atoms with Crippen LogP contribution < -0.4 is 4.72 Å². The van der Waals surface area contributed by atoms with Crippen molar-refractivity contribution < 1.29 is 8.42 Å². The van der Waals surface area contributed by atoms with Crippen molar-refractivity contribution in [3.05, 3.63) is 35.4 Å². The molecule has 0 amide bonds. The second-order valence-corrected chi connectivity index (χ2v) is 8.07. The Kier molecular flexibility index (Phi) is 4.35. The fourth-order valence-corrected chi connectivity index (χ4v) is 4.48. The van der Waals surface area contributed by atoms with Crippen LogP contribution in [0.25, 0.3) is 0 Å². The maximum atomic E-state index is 12.3. The lowest BCUT2D eigenvalue weighted by molar-refractivity contribution is 0.397. The summed E-state index contributed by atoms with van der Waals surface area (Å²) in [6.07, 6.45) is 0.842. The van der Waals surface area contributed by atoms with Crippen molar-refractivity contribution in [2.75, 3.05) is 7.05 Å². The van der Waals surface area contributed by atoms with E-state index in [1.54, 1.807) is 7.05 Å². The van der Waals surface area contributed by atoms with Crippen molar-refractivity contribution in [3.8, 4) is 0 Å². The quantitative estimate of drug-likeness (QED) is 0.849. The molecule has 0 fully saturated rings. The van der Waals surface area contributed by atoms with Crippen LogP contribution in [0.5, 0.6) is 0 Å². The molecule has 0 saturated carbocycles. The predicted molar refractivity (Wildman–Crippen MR) is 80.6 cm³/mol. The van der Waals surface area contributed by atoms with Crippen molar-refractivity contribution in [2.24, 2.45) is 0 Å². The van der Waals surface area contributed by atoms with Crippen molar-refractivity contribution in [1.82, 2.24) is 9.03 Å². The van der Waals surface area contributed by atoms with Crippen molar-refractivity contribution in [2.45, 2.75) is 37.2 Å². The standard InChI is InChI=1S/C13H19BrN2O2S/c1-9(2)16(3)19(17,18)15-13-11-7-5-4-6-10(11)8-12(13)14/h4-7,9,12-13,15H,8H2,1-3H3. The number of benzene rings is 1. The Morgan fingerprint density at radius 2 is 2.00 bits per heavy atom. The van der Waals surface area contributed by atoms with E-state index in [1.165, 1.54) is 9.87 Å². The minimum absolute atomic E-state index is 0.0667. The monoisotopic (exact) mass is 346 g/mol. The smallest absolute Gasteiger partial charge is 0.195 e. The number of nitrogens with zero attached hydrogens (tertiary/aromatic N) is 1. The molecule has 106 valence electrons. The van der Waals surface area contributed by atoms with E-state index in [0.29, 0.717) is 0 Å². The molecule has 0 aromatic heterocycles. The lowest BCUT2D eigenvalue weighted by Crippen LogP contribution is -2.44. The molecular formula is C13H19BrN2O2S. The zero-order chi connectivity index (χ0) is 14.2. The second kappa shape index (κ2) is 5.52. The van der Waals surface area contributed by atoms with E-state index < -0.39 is 10.2 Å². The molecule has 0 radical (unpaired) electrons. The first-order valence-corrected chi connectivity index (χ1v) is 8.65. The summed E-state index contributed by atoms with van der Waals surface area (Å²) in [6.45, 7) is 3.71. The van der Waals surface area contributed by atoms with Gasteiger partial charge < -0.3 is 0 Å². The summed E-state index contributed by atoms with van der Waals surface area (Å²) in [5.41, 5.74) is 2.26. The van der Waals surface area contributed by atoms with Gasteiger partial charge in [-0.1, -0.05) is 40.2 Å². The number of hydrogen-bond donors (Lipinski definition) is 1. The van der Waals surface area contributed by atoms with Crippen LogP contribution in [0.3, 0.4) is 0 Å². The minimum atomic E-state index is -3.47. The Morgan fingerprint density at radius 1 is 1.37 bits per heavy atom. The zero-order valence-electron chi connectivity index (χ0n) is 11.3. The first-order chi connectivity index (χ1) is 8.83. The topological polar surface area (TPSA) is 49.4 Å². The highest BCUT2D eigenvalue weighted by Crippen LogP contribution is 2.36. The summed E-state index contributed by atoms with van der Waals surface area (Å²) < 4.78 is 28.7. The van der Waals surface area contributed by atoms with Crippen molar-refractivity contribution >= 4 is 26.1 Å². The number of halogens is 1. The van der Waals surface area contributed by atoms with Crippen LogP contribution in [0.15, 0.2) is 24.3 Å². The fourth-order valence-electron chi connectivity index (χ4n) is 2.20. The van der Waals surface area contributed by atoms with Crippen LogP contribution in [0.2, 0.25) is 0 Å². The van der Waals surface area contributed by atoms with Crippen LogP contribution in [0.1, 0.15) is 31.0 Å². The Balaban J connectivity index is 2.25. The Morgan fingerprint density at radius 3 is 2.63 bits per heavy atom. The minimum Gasteiger partial charge on any atom is -0.195 e. The van der Waals surface area contributed by atoms with Crippen molar-refractivity contribution in [1.29, 1.82) is 0 Å². The molecule has 0 spiro atoms. The lowest BCUT2D eigenvalue weighted by Gasteiger charge is -2.25. The SMILES string of the molecule is CC(C)N(C)S(=O)(=O)NC1c2ccccc2CC1Br. The van der Waals surface area contributed by atoms with Crippen LogP contribution in [0.4, 0.5) is 0 Å². The molecule has 2 unspecified atom stereocenters. The average Bonchev–Trinajstić information content (AvgIpc) is 2.65. The maximum absolute atomic E-state index is 12.3. The van der Waals surface area contributed by atoms with Gasteiger partial charge in [-0.2, -0.15) is 17.4 Å². The van der Waals surface area contributed by atoms with Crippen LogP contribution in [-0.4, -0.2) is 30.6 Å². The van der Waals surface area contributed by atoms with E-state index in [9.17, 15) is 8.42 Å². The molecule has 19 heavy (non-hydrogen) atoms. The highest BCUT2D eigenvalue weighted by atomic mass is 79.9. The van der Waals surface area contributed by atoms with Crippen molar-refractivity contribution in [3.63, 3.8) is 0 Å². The van der Waals surface area contributed by atoms with Crippen LogP contribution in [0, 0.1) is 0 Å². The van der Waals surface area contributed by atoms with Gasteiger partial charge in [0.25, 0.3) is 10.2 Å². The van der Waals surface area contributed by atoms with Gasteiger partial charge in [-0.05, 0) is 31.4 Å². The van der Waals surface area contributed by atoms with Gasteiger partial charge in [0, 0.05) is 17.9 Å². The van der Waals surface area contributed by atoms with Gasteiger partial charge in [0.1, 0.15) is 0 Å². The predicted octanol–water partition coefficient (Wildman–Crippen LogP) is 2.22. The normalized spacial score (nSPS) is 23.1. The molecule has 0 saturated heterocycles. The van der Waals surface area contributed by atoms with Crippen LogP contribution in [-0.2, 0) is 16.6 Å². The fraction of sp³-hybridized carbons (Fsp3) is 0.538. The molecule has 1 aromatic carbocycles. The highest BCUT2D eigenvalue weighted by Gasteiger charge is 2.35. The summed E-state index contributed by atoms with van der Waals surface area (Å²) in [6, 6.07) is 7.68. The first kappa shape index (κ1) is 15.0. The van der Waals surface area contributed by atoms with Gasteiger partial charge in [0.15, 0.2) is 0 Å². The maximum Gasteiger partial charge on any atom is 0.280 e.